The Hall–Kier alpha value is -7.07. The molecule has 36 heteroatoms. The smallest absolute Gasteiger partial charge is 0.497 e. The molecule has 9 N–H and O–H groups in total. The van der Waals surface area contributed by atoms with Crippen molar-refractivity contribution in [2.24, 2.45) is 16.6 Å². The van der Waals surface area contributed by atoms with Crippen LogP contribution in [0.15, 0.2) is 192 Å². The Kier molecular flexibility index (Phi) is 38.6. The van der Waals surface area contributed by atoms with Gasteiger partial charge in [0.05, 0.1) is 41.7 Å². The van der Waals surface area contributed by atoms with Gasteiger partial charge in [0.15, 0.2) is 22.7 Å². The van der Waals surface area contributed by atoms with E-state index in [1.54, 1.807) is 40.6 Å². The number of hydrogen-bond acceptors (Lipinski definition) is 27. The van der Waals surface area contributed by atoms with Crippen LogP contribution in [0.4, 0.5) is 11.6 Å². The molecule has 28 nitrogen and oxygen atoms in total. The zero-order valence-corrected chi connectivity index (χ0v) is 80.0. The minimum Gasteiger partial charge on any atom is -0.497 e. The van der Waals surface area contributed by atoms with Crippen molar-refractivity contribution in [2.45, 2.75) is 207 Å². The molecule has 2 aliphatic carbocycles. The topological polar surface area (TPSA) is 373 Å². The maximum atomic E-state index is 14.2. The van der Waals surface area contributed by atoms with Gasteiger partial charge < -0.3 is 65.2 Å². The van der Waals surface area contributed by atoms with Gasteiger partial charge in [-0.15, -0.1) is 9.05 Å². The van der Waals surface area contributed by atoms with Gasteiger partial charge in [-0.05, 0) is 146 Å². The summed E-state index contributed by atoms with van der Waals surface area (Å²) >= 11 is 21.5. The summed E-state index contributed by atoms with van der Waals surface area (Å²) in [6, 6.07) is 53.5. The van der Waals surface area contributed by atoms with Gasteiger partial charge in [0, 0.05) is 51.4 Å². The largest absolute Gasteiger partial charge is 0.697 e. The Morgan fingerprint density at radius 2 is 0.866 bits per heavy atom. The molecule has 8 aromatic rings. The Balaban J connectivity index is 0.000000255. The number of anilines is 2. The van der Waals surface area contributed by atoms with E-state index in [0.717, 1.165) is 98.1 Å². The maximum absolute atomic E-state index is 14.2. The number of methoxy groups -OCH3 is 4. The molecule has 127 heavy (non-hydrogen) atoms. The molecule has 0 spiro atoms. The number of nitrogens with zero attached hydrogens (tertiary/aromatic N) is 4. The van der Waals surface area contributed by atoms with Crippen molar-refractivity contribution < 1.29 is 85.7 Å². The van der Waals surface area contributed by atoms with Crippen LogP contribution in [0.1, 0.15) is 178 Å². The molecule has 0 radical (unpaired) electrons. The molecule has 12 rings (SSSR count). The third-order valence-electron chi connectivity index (χ3n) is 23.1. The summed E-state index contributed by atoms with van der Waals surface area (Å²) in [6.45, 7) is 13.2. The molecule has 4 unspecified atom stereocenters. The number of halogens is 4. The number of hydrogen-bond donors (Lipinski definition) is 8. The van der Waals surface area contributed by atoms with E-state index in [0.29, 0.717) is 47.6 Å². The monoisotopic (exact) mass is 1910 g/mol. The van der Waals surface area contributed by atoms with Crippen LogP contribution in [0.25, 0.3) is 0 Å². The molecule has 2 aromatic heterocycles. The van der Waals surface area contributed by atoms with E-state index in [9.17, 15) is 48.7 Å². The Bertz CT molecular complexity index is 4880. The van der Waals surface area contributed by atoms with Gasteiger partial charge in [0.25, 0.3) is 3.25 Å². The van der Waals surface area contributed by atoms with E-state index in [2.05, 4.69) is 25.7 Å². The number of aliphatic hydroxyl groups is 4. The molecule has 2 aliphatic heterocycles. The number of benzene rings is 6. The van der Waals surface area contributed by atoms with Crippen LogP contribution in [-0.4, -0.2) is 167 Å². The molecule has 692 valence electrons. The van der Waals surface area contributed by atoms with Gasteiger partial charge in [0.1, 0.15) is 94.5 Å². The number of carbonyl (C=O) groups is 2. The normalized spacial score (nSPS) is 21.1. The average Bonchev–Trinajstić information content (AvgIpc) is 1.46. The lowest BCUT2D eigenvalue weighted by Crippen LogP contribution is -2.46. The summed E-state index contributed by atoms with van der Waals surface area (Å²) in [7, 11) is -0.205. The molecular formula is C91H119Cl4N8O20P2S2+. The predicted molar refractivity (Wildman–Crippen MR) is 499 cm³/mol. The molecule has 0 bridgehead atoms. The fourth-order valence-corrected chi connectivity index (χ4v) is 19.1. The van der Waals surface area contributed by atoms with Crippen LogP contribution >= 0.6 is 85.9 Å². The van der Waals surface area contributed by atoms with Gasteiger partial charge in [-0.3, -0.25) is 27.8 Å². The summed E-state index contributed by atoms with van der Waals surface area (Å²) < 4.78 is 83.4. The second-order valence-electron chi connectivity index (χ2n) is 32.8. The molecule has 4 aliphatic rings. The average molecular weight is 1910 g/mol. The Morgan fingerprint density at radius 3 is 1.20 bits per heavy atom. The van der Waals surface area contributed by atoms with Crippen LogP contribution in [0.5, 0.6) is 23.0 Å². The van der Waals surface area contributed by atoms with Crippen molar-refractivity contribution in [2.75, 3.05) is 77.0 Å². The number of alkyl halides is 4. The number of nitrogens with one attached hydrogen (secondary N) is 3. The third-order valence-corrected chi connectivity index (χ3v) is 27.9. The van der Waals surface area contributed by atoms with Gasteiger partial charge in [-0.25, -0.2) is 19.2 Å². The predicted octanol–water partition coefficient (Wildman–Crippen LogP) is 17.3. The summed E-state index contributed by atoms with van der Waals surface area (Å²) in [5.41, 5.74) is 2.10. The molecule has 2 saturated carbocycles. The zero-order valence-electron chi connectivity index (χ0n) is 73.6. The number of ether oxygens (including phenoxy) is 6. The molecule has 6 aromatic carbocycles. The van der Waals surface area contributed by atoms with Crippen molar-refractivity contribution in [1.82, 2.24) is 24.2 Å². The van der Waals surface area contributed by atoms with Crippen molar-refractivity contribution in [3.63, 3.8) is 0 Å². The second kappa shape index (κ2) is 47.3. The van der Waals surface area contributed by atoms with Crippen molar-refractivity contribution >= 4 is 108 Å². The maximum Gasteiger partial charge on any atom is 0.697 e. The van der Waals surface area contributed by atoms with E-state index in [4.69, 9.17) is 98.7 Å². The number of aromatic nitrogens is 4. The molecular weight excluding hydrogens is 1790 g/mol. The van der Waals surface area contributed by atoms with E-state index in [1.807, 2.05) is 199 Å². The van der Waals surface area contributed by atoms with Gasteiger partial charge in [-0.1, -0.05) is 259 Å². The Morgan fingerprint density at radius 1 is 0.528 bits per heavy atom. The summed E-state index contributed by atoms with van der Waals surface area (Å²) in [6.07, 6.45) is 7.34. The zero-order chi connectivity index (χ0) is 92.6. The van der Waals surface area contributed by atoms with Crippen LogP contribution in [-0.2, 0) is 57.4 Å². The quantitative estimate of drug-likeness (QED) is 0.00782. The molecule has 10 atom stereocenters. The highest BCUT2D eigenvalue weighted by molar-refractivity contribution is 8.14. The summed E-state index contributed by atoms with van der Waals surface area (Å²) in [4.78, 5) is 61.5. The van der Waals surface area contributed by atoms with E-state index < -0.39 is 114 Å². The highest BCUT2D eigenvalue weighted by Crippen LogP contribution is 2.50. The number of aliphatic hydroxyl groups excluding tert-OH is 2. The lowest BCUT2D eigenvalue weighted by atomic mass is 9.77. The lowest BCUT2D eigenvalue weighted by molar-refractivity contribution is -0.118. The summed E-state index contributed by atoms with van der Waals surface area (Å²) in [5.74, 6) is 3.69. The van der Waals surface area contributed by atoms with E-state index in [1.165, 1.54) is 58.3 Å². The third kappa shape index (κ3) is 27.8. The molecule has 0 amide bonds. The summed E-state index contributed by atoms with van der Waals surface area (Å²) in [5, 5.41) is 55.6. The van der Waals surface area contributed by atoms with Crippen molar-refractivity contribution in [3.8, 4) is 23.0 Å². The fraction of sp³-hybridized carbons (Fsp3) is 0.495. The highest BCUT2D eigenvalue weighted by atomic mass is 35.6. The number of rotatable bonds is 36. The first-order valence-corrected chi connectivity index (χ1v) is 48.2. The number of nitrogens with two attached hydrogens (primary N) is 1. The van der Waals surface area contributed by atoms with Gasteiger partial charge in [0.2, 0.25) is 0 Å². The van der Waals surface area contributed by atoms with Crippen LogP contribution in [0.2, 0.25) is 0 Å². The lowest BCUT2D eigenvalue weighted by Gasteiger charge is -2.37. The standard InChI is InChI=1S/C45H59N4O10PS.C39H46N3O10PS.C6H13N.CCl4/c1-7-43(2,3)41(51)61-29-28-57-60(54,48-34-16-12-9-13-17-34)58-30-37-39(50)44(4,53)40(59-37)49-27-26-38(46-42(49)52)47-45(31-14-10-8-11-15-31,32-18-22-35(55-5)23-19-32)33-20-24-36(56-6)25-21-33;1-7-37(2,3)35(44)54-24-23-50-53(47)51-25-31-33(43)38(4,46)34(52-31)42-22-21-32(40-36(42)45)41-39(26-11-9-8-10-12-26,27-13-17-29(48-5)18-14-27)28-15-19-30(49-6)20-16-28;7-6-4-2-1-3-5-6;2-1(3,4)5/h8,10-11,14-15,18-27,34,37,39-40,50,53H,7,9,12-13,16-17,28-30H2,1-6H3,(H,48,54)(H,46,47,52);8-22,31,33-34,43,46H,7,23-25H2,1-6H3;6H,1-5,7H2;/p+1/t37-,39?,40-,44+,60?;31-,33?,34-,38+;;/m11../s1. The van der Waals surface area contributed by atoms with Crippen LogP contribution in [0.3, 0.4) is 0 Å². The van der Waals surface area contributed by atoms with Crippen molar-refractivity contribution in [3.05, 3.63) is 237 Å². The second-order valence-corrected chi connectivity index (χ2v) is 41.1. The van der Waals surface area contributed by atoms with Crippen LogP contribution in [0, 0.1) is 10.8 Å². The number of carbonyl (C=O) groups excluding carboxylic acids is 2. The molecule has 4 heterocycles. The Labute approximate surface area is 772 Å². The molecule has 4 fully saturated rings. The minimum absolute atomic E-state index is 0.00373. The van der Waals surface area contributed by atoms with Crippen molar-refractivity contribution in [1.29, 1.82) is 0 Å². The van der Waals surface area contributed by atoms with E-state index >= 15 is 0 Å². The SMILES string of the molecule is CCC(C)(C)C(=O)SCCOP(=O)(NC1CCCCC1)OC[C@H]1O[C@@H](n2ccc(NC(c3ccccc3)(c3ccc(OC)cc3)c3ccc(OC)cc3)nc2=O)[C@@](C)(O)C1O.CCC(C)(C)C(=O)SCCO[P+](=O)OC[C@H]1O[C@@H](n2ccc(NC(c3ccccc3)(c3ccc(OC)cc3)c3ccc(OC)cc3)nc2=O)[C@@](C)(O)C1O.ClC(Cl)(Cl)Cl.NC1CCCCC1. The van der Waals surface area contributed by atoms with Gasteiger partial charge >= 0.3 is 27.4 Å². The first-order valence-electron chi connectivity index (χ1n) is 42.1. The first-order chi connectivity index (χ1) is 60.3. The first kappa shape index (κ1) is 104. The van der Waals surface area contributed by atoms with Crippen LogP contribution < -0.4 is 51.8 Å². The van der Waals surface area contributed by atoms with E-state index in [-0.39, 0.29) is 46.9 Å². The minimum atomic E-state index is -3.98. The highest BCUT2D eigenvalue weighted by Gasteiger charge is 2.56. The number of thioether (sulfide) groups is 2. The van der Waals surface area contributed by atoms with Gasteiger partial charge in [-0.2, -0.15) is 9.97 Å². The molecule has 2 saturated heterocycles. The fourth-order valence-electron chi connectivity index (χ4n) is 14.9.